The second kappa shape index (κ2) is 11.0. The molecule has 3 aromatic carbocycles. The maximum absolute atomic E-state index is 13.1. The number of hydrogen-bond acceptors (Lipinski definition) is 5. The van der Waals surface area contributed by atoms with Gasteiger partial charge in [-0.15, -0.1) is 11.3 Å². The number of aromatic nitrogens is 1. The van der Waals surface area contributed by atoms with E-state index in [0.29, 0.717) is 24.5 Å². The van der Waals surface area contributed by atoms with Crippen LogP contribution in [-0.4, -0.2) is 37.5 Å². The van der Waals surface area contributed by atoms with Crippen LogP contribution in [0.2, 0.25) is 0 Å². The lowest BCUT2D eigenvalue weighted by Gasteiger charge is -2.25. The number of aryl methyl sites for hydroxylation is 1. The van der Waals surface area contributed by atoms with Crippen LogP contribution in [0.4, 0.5) is 5.69 Å². The van der Waals surface area contributed by atoms with Crippen LogP contribution in [0.15, 0.2) is 88.1 Å². The van der Waals surface area contributed by atoms with Gasteiger partial charge < -0.3 is 9.30 Å². The van der Waals surface area contributed by atoms with E-state index in [4.69, 9.17) is 9.73 Å². The number of piperidine rings is 1. The van der Waals surface area contributed by atoms with Gasteiger partial charge in [0, 0.05) is 18.5 Å². The van der Waals surface area contributed by atoms with E-state index in [2.05, 4.69) is 41.1 Å². The van der Waals surface area contributed by atoms with E-state index in [1.807, 2.05) is 36.4 Å². The Labute approximate surface area is 222 Å². The molecule has 1 aliphatic heterocycles. The maximum atomic E-state index is 13.1. The average molecular weight is 534 g/mol. The third-order valence-electron chi connectivity index (χ3n) is 6.66. The topological polar surface area (TPSA) is 63.9 Å². The van der Waals surface area contributed by atoms with Crippen LogP contribution in [-0.2, 0) is 16.6 Å². The van der Waals surface area contributed by atoms with E-state index in [1.54, 1.807) is 34.9 Å². The molecule has 6 nitrogen and oxygen atoms in total. The highest BCUT2D eigenvalue weighted by Crippen LogP contribution is 2.26. The molecule has 37 heavy (non-hydrogen) atoms. The van der Waals surface area contributed by atoms with Crippen molar-refractivity contribution in [2.45, 2.75) is 37.6 Å². The minimum absolute atomic E-state index is 0.349. The Kier molecular flexibility index (Phi) is 7.60. The number of thiazole rings is 1. The van der Waals surface area contributed by atoms with Gasteiger partial charge in [-0.25, -0.2) is 13.4 Å². The van der Waals surface area contributed by atoms with Gasteiger partial charge >= 0.3 is 0 Å². The highest BCUT2D eigenvalue weighted by atomic mass is 32.2. The minimum atomic E-state index is -3.46. The first-order valence-corrected chi connectivity index (χ1v) is 14.8. The third kappa shape index (κ3) is 5.71. The van der Waals surface area contributed by atoms with E-state index in [9.17, 15) is 8.42 Å². The van der Waals surface area contributed by atoms with Gasteiger partial charge in [0.25, 0.3) is 0 Å². The zero-order valence-electron chi connectivity index (χ0n) is 21.1. The molecule has 0 aliphatic carbocycles. The van der Waals surface area contributed by atoms with Gasteiger partial charge in [0.05, 0.1) is 29.9 Å². The molecule has 192 valence electrons. The summed E-state index contributed by atoms with van der Waals surface area (Å²) in [4.78, 5) is 6.13. The van der Waals surface area contributed by atoms with Crippen LogP contribution in [0.5, 0.6) is 5.75 Å². The molecule has 0 bridgehead atoms. The number of methoxy groups -OCH3 is 1. The Balaban J connectivity index is 1.52. The second-order valence-corrected chi connectivity index (χ2v) is 12.0. The van der Waals surface area contributed by atoms with Crippen LogP contribution in [0.3, 0.4) is 0 Å². The van der Waals surface area contributed by atoms with Crippen molar-refractivity contribution in [3.63, 3.8) is 0 Å². The predicted octanol–water partition coefficient (Wildman–Crippen LogP) is 5.99. The zero-order chi connectivity index (χ0) is 25.8. The van der Waals surface area contributed by atoms with Crippen LogP contribution < -0.4 is 9.54 Å². The Morgan fingerprint density at radius 3 is 2.22 bits per heavy atom. The van der Waals surface area contributed by atoms with Gasteiger partial charge in [-0.2, -0.15) is 4.31 Å². The number of benzene rings is 3. The molecule has 0 atom stereocenters. The largest absolute Gasteiger partial charge is 0.497 e. The molecule has 5 rings (SSSR count). The first-order chi connectivity index (χ1) is 17.9. The molecule has 0 spiro atoms. The summed E-state index contributed by atoms with van der Waals surface area (Å²) in [6.45, 7) is 3.93. The molecule has 0 unspecified atom stereocenters. The van der Waals surface area contributed by atoms with Gasteiger partial charge in [0.15, 0.2) is 4.80 Å². The maximum Gasteiger partial charge on any atom is 0.243 e. The summed E-state index contributed by atoms with van der Waals surface area (Å²) in [6, 6.07) is 23.4. The number of ether oxygens (including phenoxy) is 1. The zero-order valence-corrected chi connectivity index (χ0v) is 22.8. The normalized spacial score (nSPS) is 15.1. The summed E-state index contributed by atoms with van der Waals surface area (Å²) in [6.07, 6.45) is 2.94. The van der Waals surface area contributed by atoms with Crippen molar-refractivity contribution in [2.75, 3.05) is 20.2 Å². The number of nitrogens with zero attached hydrogens (tertiary/aromatic N) is 3. The molecule has 4 aromatic rings. The van der Waals surface area contributed by atoms with Crippen LogP contribution in [0.1, 0.15) is 30.4 Å². The lowest BCUT2D eigenvalue weighted by molar-refractivity contribution is 0.346. The van der Waals surface area contributed by atoms with E-state index in [0.717, 1.165) is 46.8 Å². The van der Waals surface area contributed by atoms with Gasteiger partial charge in [0.1, 0.15) is 5.75 Å². The standard InChI is InChI=1S/C29H31N3O3S2/c1-22-6-8-23(9-7-22)20-32-28(21-36-29(32)30-25-12-14-26(35-2)15-13-25)24-10-16-27(17-11-24)37(33,34)31-18-4-3-5-19-31/h6-17,21H,3-5,18-20H2,1-2H3. The molecule has 8 heteroatoms. The first kappa shape index (κ1) is 25.4. The number of hydrogen-bond donors (Lipinski definition) is 0. The Morgan fingerprint density at radius 2 is 1.57 bits per heavy atom. The van der Waals surface area contributed by atoms with Gasteiger partial charge in [0.2, 0.25) is 10.0 Å². The molecule has 0 saturated carbocycles. The quantitative estimate of drug-likeness (QED) is 0.293. The molecule has 1 fully saturated rings. The van der Waals surface area contributed by atoms with Crippen molar-refractivity contribution in [3.8, 4) is 17.0 Å². The smallest absolute Gasteiger partial charge is 0.243 e. The van der Waals surface area contributed by atoms with Crippen molar-refractivity contribution in [1.29, 1.82) is 0 Å². The summed E-state index contributed by atoms with van der Waals surface area (Å²) < 4.78 is 35.3. The van der Waals surface area contributed by atoms with Crippen LogP contribution in [0.25, 0.3) is 11.3 Å². The second-order valence-electron chi connectivity index (χ2n) is 9.27. The predicted molar refractivity (Wildman–Crippen MR) is 149 cm³/mol. The molecule has 1 aromatic heterocycles. The molecular formula is C29H31N3O3S2. The number of sulfonamides is 1. The van der Waals surface area contributed by atoms with Crippen molar-refractivity contribution in [2.24, 2.45) is 4.99 Å². The van der Waals surface area contributed by atoms with E-state index < -0.39 is 10.0 Å². The Hall–Kier alpha value is -3.20. The molecule has 0 amide bonds. The highest BCUT2D eigenvalue weighted by Gasteiger charge is 2.25. The fraction of sp³-hybridized carbons (Fsp3) is 0.276. The Bertz CT molecular complexity index is 1510. The van der Waals surface area contributed by atoms with Crippen molar-refractivity contribution >= 4 is 27.0 Å². The molecule has 1 aliphatic rings. The van der Waals surface area contributed by atoms with Gasteiger partial charge in [-0.3, -0.25) is 0 Å². The molecular weight excluding hydrogens is 502 g/mol. The third-order valence-corrected chi connectivity index (χ3v) is 9.44. The average Bonchev–Trinajstić information content (AvgIpc) is 3.32. The lowest BCUT2D eigenvalue weighted by Crippen LogP contribution is -2.35. The fourth-order valence-corrected chi connectivity index (χ4v) is 6.94. The fourth-order valence-electron chi connectivity index (χ4n) is 4.50. The van der Waals surface area contributed by atoms with E-state index in [-0.39, 0.29) is 0 Å². The number of rotatable bonds is 7. The van der Waals surface area contributed by atoms with Crippen LogP contribution in [0, 0.1) is 6.92 Å². The van der Waals surface area contributed by atoms with Gasteiger partial charge in [-0.1, -0.05) is 48.4 Å². The highest BCUT2D eigenvalue weighted by molar-refractivity contribution is 7.89. The molecule has 2 heterocycles. The summed E-state index contributed by atoms with van der Waals surface area (Å²) in [7, 11) is -1.82. The summed E-state index contributed by atoms with van der Waals surface area (Å²) in [5, 5.41) is 2.09. The molecule has 0 N–H and O–H groups in total. The first-order valence-electron chi connectivity index (χ1n) is 12.5. The molecule has 0 radical (unpaired) electrons. The molecule has 1 saturated heterocycles. The van der Waals surface area contributed by atoms with Crippen molar-refractivity contribution < 1.29 is 13.2 Å². The van der Waals surface area contributed by atoms with E-state index >= 15 is 0 Å². The van der Waals surface area contributed by atoms with E-state index in [1.165, 1.54) is 11.1 Å². The van der Waals surface area contributed by atoms with Crippen LogP contribution >= 0.6 is 11.3 Å². The SMILES string of the molecule is COc1ccc(N=c2scc(-c3ccc(S(=O)(=O)N4CCCCC4)cc3)n2Cc2ccc(C)cc2)cc1. The summed E-state index contributed by atoms with van der Waals surface area (Å²) in [5.74, 6) is 0.790. The van der Waals surface area contributed by atoms with Crippen molar-refractivity contribution in [1.82, 2.24) is 8.87 Å². The Morgan fingerprint density at radius 1 is 0.892 bits per heavy atom. The summed E-state index contributed by atoms with van der Waals surface area (Å²) >= 11 is 1.57. The lowest BCUT2D eigenvalue weighted by atomic mass is 10.1. The monoisotopic (exact) mass is 533 g/mol. The van der Waals surface area contributed by atoms with Gasteiger partial charge in [-0.05, 0) is 67.3 Å². The minimum Gasteiger partial charge on any atom is -0.497 e. The summed E-state index contributed by atoms with van der Waals surface area (Å²) in [5.41, 5.74) is 5.19. The van der Waals surface area contributed by atoms with Crippen molar-refractivity contribution in [3.05, 3.63) is 94.1 Å².